The van der Waals surface area contributed by atoms with E-state index >= 15 is 0 Å². The first kappa shape index (κ1) is 19.1. The van der Waals surface area contributed by atoms with Crippen LogP contribution in [0.4, 0.5) is 0 Å². The Labute approximate surface area is 154 Å². The van der Waals surface area contributed by atoms with Crippen LogP contribution in [0.2, 0.25) is 5.02 Å². The van der Waals surface area contributed by atoms with E-state index in [1.807, 2.05) is 51.1 Å². The number of hydrogen-bond donors (Lipinski definition) is 0. The van der Waals surface area contributed by atoms with Crippen molar-refractivity contribution in [3.05, 3.63) is 58.6 Å². The second-order valence-corrected chi connectivity index (χ2v) is 5.88. The molecule has 0 aliphatic carbocycles. The molecule has 2 aromatic carbocycles. The van der Waals surface area contributed by atoms with Crippen LogP contribution in [-0.4, -0.2) is 30.5 Å². The van der Waals surface area contributed by atoms with Crippen molar-refractivity contribution in [2.75, 3.05) is 19.7 Å². The van der Waals surface area contributed by atoms with Crippen molar-refractivity contribution in [1.29, 1.82) is 0 Å². The quantitative estimate of drug-likeness (QED) is 0.678. The van der Waals surface area contributed by atoms with Gasteiger partial charge >= 0.3 is 0 Å². The molecule has 0 aromatic heterocycles. The summed E-state index contributed by atoms with van der Waals surface area (Å²) in [4.78, 5) is 14.3. The van der Waals surface area contributed by atoms with Crippen LogP contribution in [0.5, 0.6) is 11.5 Å². The number of nitrogens with zero attached hydrogens (tertiary/aromatic N) is 1. The zero-order chi connectivity index (χ0) is 18.2. The molecular formula is C20H24ClNO3. The maximum absolute atomic E-state index is 12.6. The van der Waals surface area contributed by atoms with Crippen LogP contribution in [0.1, 0.15) is 36.7 Å². The molecule has 2 aromatic rings. The van der Waals surface area contributed by atoms with Crippen molar-refractivity contribution in [2.45, 2.75) is 27.4 Å². The maximum Gasteiger partial charge on any atom is 0.254 e. The van der Waals surface area contributed by atoms with E-state index in [1.54, 1.807) is 17.0 Å². The lowest BCUT2D eigenvalue weighted by Crippen LogP contribution is -2.30. The fraction of sp³-hybridized carbons (Fsp3) is 0.350. The van der Waals surface area contributed by atoms with E-state index in [-0.39, 0.29) is 5.91 Å². The van der Waals surface area contributed by atoms with Crippen LogP contribution in [0.15, 0.2) is 42.5 Å². The molecule has 2 rings (SSSR count). The normalized spacial score (nSPS) is 10.4. The molecule has 0 aliphatic rings. The maximum atomic E-state index is 12.6. The minimum atomic E-state index is -0.0672. The average molecular weight is 362 g/mol. The molecule has 5 heteroatoms. The van der Waals surface area contributed by atoms with Gasteiger partial charge < -0.3 is 14.4 Å². The van der Waals surface area contributed by atoms with Crippen molar-refractivity contribution in [3.63, 3.8) is 0 Å². The van der Waals surface area contributed by atoms with Gasteiger partial charge in [-0.2, -0.15) is 0 Å². The molecule has 0 fully saturated rings. The summed E-state index contributed by atoms with van der Waals surface area (Å²) in [6.45, 7) is 7.90. The van der Waals surface area contributed by atoms with Crippen LogP contribution >= 0.6 is 11.6 Å². The SMILES string of the molecule is CCOc1cc(C(=O)N(CC)CC)cc(Cl)c1OCc1ccccc1. The second-order valence-electron chi connectivity index (χ2n) is 5.47. The van der Waals surface area contributed by atoms with Crippen LogP contribution in [0.25, 0.3) is 0 Å². The number of amides is 1. The molecule has 0 bridgehead atoms. The first-order valence-corrected chi connectivity index (χ1v) is 8.90. The van der Waals surface area contributed by atoms with Gasteiger partial charge in [-0.3, -0.25) is 4.79 Å². The molecule has 0 atom stereocenters. The van der Waals surface area contributed by atoms with Crippen LogP contribution in [0.3, 0.4) is 0 Å². The molecule has 0 aliphatic heterocycles. The van der Waals surface area contributed by atoms with Gasteiger partial charge in [-0.05, 0) is 38.5 Å². The first-order valence-electron chi connectivity index (χ1n) is 8.53. The van der Waals surface area contributed by atoms with Crippen molar-refractivity contribution >= 4 is 17.5 Å². The third-order valence-corrected chi connectivity index (χ3v) is 4.11. The lowest BCUT2D eigenvalue weighted by molar-refractivity contribution is 0.0772. The Bertz CT molecular complexity index is 700. The third kappa shape index (κ3) is 4.89. The van der Waals surface area contributed by atoms with E-state index in [4.69, 9.17) is 21.1 Å². The highest BCUT2D eigenvalue weighted by Gasteiger charge is 2.19. The van der Waals surface area contributed by atoms with Crippen LogP contribution in [-0.2, 0) is 6.61 Å². The van der Waals surface area contributed by atoms with Gasteiger partial charge in [-0.1, -0.05) is 41.9 Å². The highest BCUT2D eigenvalue weighted by Crippen LogP contribution is 2.37. The summed E-state index contributed by atoms with van der Waals surface area (Å²) in [5, 5.41) is 0.373. The molecule has 0 saturated heterocycles. The second kappa shape index (κ2) is 9.33. The number of ether oxygens (including phenoxy) is 2. The van der Waals surface area contributed by atoms with Gasteiger partial charge in [-0.15, -0.1) is 0 Å². The van der Waals surface area contributed by atoms with Gasteiger partial charge in [0.05, 0.1) is 11.6 Å². The molecule has 134 valence electrons. The molecule has 1 amide bonds. The number of halogens is 1. The number of rotatable bonds is 8. The van der Waals surface area contributed by atoms with Gasteiger partial charge in [0.25, 0.3) is 5.91 Å². The Morgan fingerprint density at radius 2 is 1.72 bits per heavy atom. The third-order valence-electron chi connectivity index (χ3n) is 3.83. The van der Waals surface area contributed by atoms with Crippen LogP contribution < -0.4 is 9.47 Å². The largest absolute Gasteiger partial charge is 0.490 e. The van der Waals surface area contributed by atoms with Crippen molar-refractivity contribution < 1.29 is 14.3 Å². The van der Waals surface area contributed by atoms with Gasteiger partial charge in [0.15, 0.2) is 11.5 Å². The summed E-state index contributed by atoms with van der Waals surface area (Å²) < 4.78 is 11.5. The lowest BCUT2D eigenvalue weighted by Gasteiger charge is -2.20. The minimum Gasteiger partial charge on any atom is -0.490 e. The summed E-state index contributed by atoms with van der Waals surface area (Å²) in [6.07, 6.45) is 0. The zero-order valence-corrected chi connectivity index (χ0v) is 15.7. The monoisotopic (exact) mass is 361 g/mol. The summed E-state index contributed by atoms with van der Waals surface area (Å²) >= 11 is 6.40. The van der Waals surface area contributed by atoms with E-state index in [1.165, 1.54) is 0 Å². The minimum absolute atomic E-state index is 0.0672. The van der Waals surface area contributed by atoms with Gasteiger partial charge in [0, 0.05) is 18.7 Å². The van der Waals surface area contributed by atoms with E-state index in [0.29, 0.717) is 48.4 Å². The number of benzene rings is 2. The fourth-order valence-corrected chi connectivity index (χ4v) is 2.78. The number of hydrogen-bond acceptors (Lipinski definition) is 3. The highest BCUT2D eigenvalue weighted by molar-refractivity contribution is 6.32. The van der Waals surface area contributed by atoms with Crippen molar-refractivity contribution in [1.82, 2.24) is 4.90 Å². The smallest absolute Gasteiger partial charge is 0.254 e. The van der Waals surface area contributed by atoms with Gasteiger partial charge in [-0.25, -0.2) is 0 Å². The average Bonchev–Trinajstić information content (AvgIpc) is 2.63. The molecular weight excluding hydrogens is 338 g/mol. The molecule has 0 spiro atoms. The standard InChI is InChI=1S/C20H24ClNO3/c1-4-22(5-2)20(23)16-12-17(21)19(18(13-16)24-6-3)25-14-15-10-8-7-9-11-15/h7-13H,4-6,14H2,1-3H3. The molecule has 0 N–H and O–H groups in total. The van der Waals surface area contributed by atoms with E-state index in [2.05, 4.69) is 0 Å². The topological polar surface area (TPSA) is 38.8 Å². The molecule has 0 radical (unpaired) electrons. The Balaban J connectivity index is 2.29. The predicted molar refractivity (Wildman–Crippen MR) is 101 cm³/mol. The summed E-state index contributed by atoms with van der Waals surface area (Å²) in [5.74, 6) is 0.882. The first-order chi connectivity index (χ1) is 12.1. The Hall–Kier alpha value is -2.20. The fourth-order valence-electron chi connectivity index (χ4n) is 2.52. The van der Waals surface area contributed by atoms with Gasteiger partial charge in [0.1, 0.15) is 6.61 Å². The van der Waals surface area contributed by atoms with Crippen molar-refractivity contribution in [3.8, 4) is 11.5 Å². The zero-order valence-electron chi connectivity index (χ0n) is 14.9. The summed E-state index contributed by atoms with van der Waals surface area (Å²) in [6, 6.07) is 13.2. The number of carbonyl (C=O) groups excluding carboxylic acids is 1. The van der Waals surface area contributed by atoms with E-state index in [0.717, 1.165) is 5.56 Å². The lowest BCUT2D eigenvalue weighted by atomic mass is 10.1. The Morgan fingerprint density at radius 3 is 2.32 bits per heavy atom. The van der Waals surface area contributed by atoms with Gasteiger partial charge in [0.2, 0.25) is 0 Å². The molecule has 0 saturated carbocycles. The molecule has 0 unspecified atom stereocenters. The van der Waals surface area contributed by atoms with Crippen molar-refractivity contribution in [2.24, 2.45) is 0 Å². The summed E-state index contributed by atoms with van der Waals surface area (Å²) in [5.41, 5.74) is 1.54. The van der Waals surface area contributed by atoms with E-state index in [9.17, 15) is 4.79 Å². The highest BCUT2D eigenvalue weighted by atomic mass is 35.5. The molecule has 0 heterocycles. The summed E-state index contributed by atoms with van der Waals surface area (Å²) in [7, 11) is 0. The predicted octanol–water partition coefficient (Wildman–Crippen LogP) is 4.80. The Morgan fingerprint density at radius 1 is 1.04 bits per heavy atom. The molecule has 25 heavy (non-hydrogen) atoms. The number of carbonyl (C=O) groups is 1. The molecule has 4 nitrogen and oxygen atoms in total. The van der Waals surface area contributed by atoms with E-state index < -0.39 is 0 Å². The Kier molecular flexibility index (Phi) is 7.14. The van der Waals surface area contributed by atoms with Crippen LogP contribution in [0, 0.1) is 0 Å².